The number of hydrogen-bond acceptors (Lipinski definition) is 3. The second-order valence-corrected chi connectivity index (χ2v) is 7.12. The molecule has 1 aromatic rings. The summed E-state index contributed by atoms with van der Waals surface area (Å²) in [6.45, 7) is 0. The predicted molar refractivity (Wildman–Crippen MR) is 66.4 cm³/mol. The number of rotatable bonds is 4. The van der Waals surface area contributed by atoms with Crippen LogP contribution in [0.4, 0.5) is 8.78 Å². The van der Waals surface area contributed by atoms with Crippen molar-refractivity contribution in [3.05, 3.63) is 35.4 Å². The molecule has 6 heteroatoms. The highest BCUT2D eigenvalue weighted by molar-refractivity contribution is 7.91. The zero-order valence-corrected chi connectivity index (χ0v) is 11.1. The van der Waals surface area contributed by atoms with Crippen LogP contribution in [-0.4, -0.2) is 25.7 Å². The summed E-state index contributed by atoms with van der Waals surface area (Å²) >= 11 is 0. The Balaban J connectivity index is 1.99. The lowest BCUT2D eigenvalue weighted by Crippen LogP contribution is -2.13. The van der Waals surface area contributed by atoms with E-state index in [2.05, 4.69) is 0 Å². The van der Waals surface area contributed by atoms with Crippen LogP contribution < -0.4 is 0 Å². The maximum absolute atomic E-state index is 13.4. The van der Waals surface area contributed by atoms with Crippen molar-refractivity contribution >= 4 is 15.6 Å². The number of Topliss-reactive ketones (excluding diaryl/α,β-unsaturated/α-hetero) is 1. The van der Waals surface area contributed by atoms with Gasteiger partial charge in [0.2, 0.25) is 0 Å². The van der Waals surface area contributed by atoms with Crippen LogP contribution in [0.25, 0.3) is 0 Å². The molecule has 1 aliphatic rings. The second-order valence-electron chi connectivity index (χ2n) is 4.89. The van der Waals surface area contributed by atoms with Gasteiger partial charge in [0.1, 0.15) is 17.4 Å². The van der Waals surface area contributed by atoms with Crippen LogP contribution in [0.15, 0.2) is 18.2 Å². The number of hydrogen-bond donors (Lipinski definition) is 0. The first-order valence-electron chi connectivity index (χ1n) is 6.02. The monoisotopic (exact) mass is 288 g/mol. The van der Waals surface area contributed by atoms with Crippen molar-refractivity contribution in [2.45, 2.75) is 19.3 Å². The van der Waals surface area contributed by atoms with Gasteiger partial charge in [0.05, 0.1) is 11.5 Å². The quantitative estimate of drug-likeness (QED) is 0.850. The van der Waals surface area contributed by atoms with E-state index in [-0.39, 0.29) is 41.6 Å². The van der Waals surface area contributed by atoms with Crippen molar-refractivity contribution in [3.8, 4) is 0 Å². The molecule has 1 aromatic carbocycles. The summed E-state index contributed by atoms with van der Waals surface area (Å²) in [5.41, 5.74) is -0.242. The largest absolute Gasteiger partial charge is 0.299 e. The van der Waals surface area contributed by atoms with Crippen LogP contribution in [0.5, 0.6) is 0 Å². The Morgan fingerprint density at radius 3 is 2.42 bits per heavy atom. The molecule has 0 N–H and O–H groups in total. The van der Waals surface area contributed by atoms with E-state index >= 15 is 0 Å². The van der Waals surface area contributed by atoms with Gasteiger partial charge in [-0.05, 0) is 24.5 Å². The van der Waals surface area contributed by atoms with Crippen molar-refractivity contribution in [3.63, 3.8) is 0 Å². The van der Waals surface area contributed by atoms with E-state index in [9.17, 15) is 22.0 Å². The maximum Gasteiger partial charge on any atom is 0.150 e. The lowest BCUT2D eigenvalue weighted by atomic mass is 9.97. The zero-order valence-electron chi connectivity index (χ0n) is 10.2. The van der Waals surface area contributed by atoms with Crippen molar-refractivity contribution in [2.75, 3.05) is 11.5 Å². The highest BCUT2D eigenvalue weighted by Crippen LogP contribution is 2.23. The average molecular weight is 288 g/mol. The fourth-order valence-corrected chi connectivity index (χ4v) is 4.19. The van der Waals surface area contributed by atoms with E-state index in [0.29, 0.717) is 6.42 Å². The smallest absolute Gasteiger partial charge is 0.150 e. The molecule has 1 unspecified atom stereocenters. The highest BCUT2D eigenvalue weighted by atomic mass is 32.2. The number of ketones is 1. The van der Waals surface area contributed by atoms with Gasteiger partial charge in [-0.25, -0.2) is 17.2 Å². The normalized spacial score (nSPS) is 21.5. The lowest BCUT2D eigenvalue weighted by Gasteiger charge is -2.07. The van der Waals surface area contributed by atoms with Gasteiger partial charge in [-0.1, -0.05) is 6.07 Å². The molecule has 19 heavy (non-hydrogen) atoms. The van der Waals surface area contributed by atoms with Crippen molar-refractivity contribution in [1.82, 2.24) is 0 Å². The van der Waals surface area contributed by atoms with Gasteiger partial charge >= 0.3 is 0 Å². The summed E-state index contributed by atoms with van der Waals surface area (Å²) in [4.78, 5) is 11.8. The van der Waals surface area contributed by atoms with E-state index in [4.69, 9.17) is 0 Å². The molecule has 0 spiro atoms. The first-order valence-corrected chi connectivity index (χ1v) is 7.84. The fourth-order valence-electron chi connectivity index (χ4n) is 2.33. The standard InChI is InChI=1S/C13H14F2O3S/c14-12-2-1-3-13(15)11(12)7-10(16)6-9-4-5-19(17,18)8-9/h1-3,9H,4-8H2. The molecule has 1 atom stereocenters. The molecule has 0 saturated carbocycles. The first-order chi connectivity index (χ1) is 8.87. The number of carbonyl (C=O) groups is 1. The maximum atomic E-state index is 13.4. The molecule has 0 aliphatic carbocycles. The molecule has 2 rings (SSSR count). The Hall–Kier alpha value is -1.30. The summed E-state index contributed by atoms with van der Waals surface area (Å²) in [6, 6.07) is 3.44. The molecular formula is C13H14F2O3S. The third-order valence-electron chi connectivity index (χ3n) is 3.28. The predicted octanol–water partition coefficient (Wildman–Crippen LogP) is 1.90. The van der Waals surface area contributed by atoms with Crippen LogP contribution >= 0.6 is 0 Å². The summed E-state index contributed by atoms with van der Waals surface area (Å²) in [6.07, 6.45) is 0.190. The molecule has 104 valence electrons. The van der Waals surface area contributed by atoms with Gasteiger partial charge in [-0.2, -0.15) is 0 Å². The Labute approximate surface area is 110 Å². The summed E-state index contributed by atoms with van der Waals surface area (Å²) < 4.78 is 49.2. The minimum atomic E-state index is -3.03. The molecule has 0 amide bonds. The molecule has 0 aromatic heterocycles. The van der Waals surface area contributed by atoms with Crippen LogP contribution in [0.2, 0.25) is 0 Å². The molecule has 3 nitrogen and oxygen atoms in total. The number of sulfone groups is 1. The van der Waals surface area contributed by atoms with Gasteiger partial charge < -0.3 is 0 Å². The van der Waals surface area contributed by atoms with Crippen LogP contribution in [0.3, 0.4) is 0 Å². The highest BCUT2D eigenvalue weighted by Gasteiger charge is 2.29. The topological polar surface area (TPSA) is 51.2 Å². The Morgan fingerprint density at radius 2 is 1.89 bits per heavy atom. The Kier molecular flexibility index (Phi) is 3.99. The van der Waals surface area contributed by atoms with Gasteiger partial charge in [0.15, 0.2) is 9.84 Å². The molecule has 0 bridgehead atoms. The van der Waals surface area contributed by atoms with E-state index in [1.807, 2.05) is 0 Å². The third kappa shape index (κ3) is 3.59. The number of benzene rings is 1. The minimum Gasteiger partial charge on any atom is -0.299 e. The molecular weight excluding hydrogens is 274 g/mol. The number of carbonyl (C=O) groups excluding carboxylic acids is 1. The molecule has 1 saturated heterocycles. The molecule has 0 radical (unpaired) electrons. The van der Waals surface area contributed by atoms with Gasteiger partial charge in [0, 0.05) is 18.4 Å². The summed E-state index contributed by atoms with van der Waals surface area (Å²) in [7, 11) is -3.03. The van der Waals surface area contributed by atoms with Crippen LogP contribution in [-0.2, 0) is 21.1 Å². The van der Waals surface area contributed by atoms with Gasteiger partial charge in [-0.3, -0.25) is 4.79 Å². The SMILES string of the molecule is O=C(Cc1c(F)cccc1F)CC1CCS(=O)(=O)C1. The minimum absolute atomic E-state index is 0.00149. The van der Waals surface area contributed by atoms with E-state index in [1.165, 1.54) is 6.07 Å². The Morgan fingerprint density at radius 1 is 1.26 bits per heavy atom. The van der Waals surface area contributed by atoms with Crippen molar-refractivity contribution < 1.29 is 22.0 Å². The summed E-state index contributed by atoms with van der Waals surface area (Å²) in [5.74, 6) is -1.93. The average Bonchev–Trinajstić information content (AvgIpc) is 2.63. The second kappa shape index (κ2) is 5.36. The van der Waals surface area contributed by atoms with E-state index in [1.54, 1.807) is 0 Å². The third-order valence-corrected chi connectivity index (χ3v) is 5.12. The van der Waals surface area contributed by atoms with Crippen LogP contribution in [0.1, 0.15) is 18.4 Å². The summed E-state index contributed by atoms with van der Waals surface area (Å²) in [5, 5.41) is 0. The van der Waals surface area contributed by atoms with Gasteiger partial charge in [0.25, 0.3) is 0 Å². The van der Waals surface area contributed by atoms with E-state index < -0.39 is 21.5 Å². The molecule has 1 aliphatic heterocycles. The Bertz CT molecular complexity index is 576. The fraction of sp³-hybridized carbons (Fsp3) is 0.462. The van der Waals surface area contributed by atoms with Crippen molar-refractivity contribution in [1.29, 1.82) is 0 Å². The van der Waals surface area contributed by atoms with Crippen molar-refractivity contribution in [2.24, 2.45) is 5.92 Å². The number of halogens is 2. The molecule has 1 heterocycles. The zero-order chi connectivity index (χ0) is 14.0. The van der Waals surface area contributed by atoms with Gasteiger partial charge in [-0.15, -0.1) is 0 Å². The first kappa shape index (κ1) is 14.1. The lowest BCUT2D eigenvalue weighted by molar-refractivity contribution is -0.119. The molecule has 1 fully saturated rings. The van der Waals surface area contributed by atoms with E-state index in [0.717, 1.165) is 12.1 Å². The van der Waals surface area contributed by atoms with Crippen LogP contribution in [0, 0.1) is 17.6 Å².